The van der Waals surface area contributed by atoms with E-state index in [1.165, 1.54) is 0 Å². The maximum Gasteiger partial charge on any atom is 0.225 e. The lowest BCUT2D eigenvalue weighted by Crippen LogP contribution is -2.43. The van der Waals surface area contributed by atoms with Crippen LogP contribution in [-0.2, 0) is 5.60 Å². The van der Waals surface area contributed by atoms with Crippen molar-refractivity contribution in [3.05, 3.63) is 52.8 Å². The highest BCUT2D eigenvalue weighted by Crippen LogP contribution is 2.34. The van der Waals surface area contributed by atoms with Gasteiger partial charge >= 0.3 is 0 Å². The van der Waals surface area contributed by atoms with Crippen LogP contribution in [0.25, 0.3) is 0 Å². The summed E-state index contributed by atoms with van der Waals surface area (Å²) in [6.45, 7) is 5.73. The van der Waals surface area contributed by atoms with Gasteiger partial charge in [0.15, 0.2) is 0 Å². The Hall–Kier alpha value is -1.65. The molecule has 2 heterocycles. The summed E-state index contributed by atoms with van der Waals surface area (Å²) in [6.07, 6.45) is 3.13. The second kappa shape index (κ2) is 6.46. The van der Waals surface area contributed by atoms with Gasteiger partial charge in [-0.05, 0) is 42.5 Å². The molecule has 3 rings (SSSR count). The minimum atomic E-state index is -0.795. The predicted octanol–water partition coefficient (Wildman–Crippen LogP) is 3.74. The molecule has 0 saturated carbocycles. The Morgan fingerprint density at radius 2 is 1.78 bits per heavy atom. The van der Waals surface area contributed by atoms with Crippen LogP contribution >= 0.6 is 11.6 Å². The molecule has 4 nitrogen and oxygen atoms in total. The number of hydrogen-bond donors (Lipinski definition) is 1. The van der Waals surface area contributed by atoms with Gasteiger partial charge in [0.25, 0.3) is 0 Å². The molecule has 1 fully saturated rings. The number of anilines is 1. The lowest BCUT2D eigenvalue weighted by Gasteiger charge is -2.38. The van der Waals surface area contributed by atoms with E-state index >= 15 is 0 Å². The van der Waals surface area contributed by atoms with Crippen molar-refractivity contribution in [3.63, 3.8) is 0 Å². The van der Waals surface area contributed by atoms with E-state index in [-0.39, 0.29) is 0 Å². The molecule has 0 atom stereocenters. The summed E-state index contributed by atoms with van der Waals surface area (Å²) >= 11 is 5.93. The first-order valence-corrected chi connectivity index (χ1v) is 8.42. The number of aliphatic hydroxyl groups is 1. The number of hydrogen-bond acceptors (Lipinski definition) is 4. The molecule has 0 radical (unpaired) electrons. The molecule has 1 saturated heterocycles. The average Bonchev–Trinajstić information content (AvgIpc) is 2.56. The molecule has 1 aliphatic heterocycles. The first-order valence-electron chi connectivity index (χ1n) is 8.04. The van der Waals surface area contributed by atoms with Gasteiger partial charge in [0.2, 0.25) is 5.95 Å². The number of aromatic nitrogens is 2. The second-order valence-electron chi connectivity index (χ2n) is 6.46. The van der Waals surface area contributed by atoms with Gasteiger partial charge in [-0.3, -0.25) is 0 Å². The Morgan fingerprint density at radius 3 is 2.39 bits per heavy atom. The van der Waals surface area contributed by atoms with Crippen LogP contribution in [0.1, 0.15) is 43.9 Å². The van der Waals surface area contributed by atoms with Crippen LogP contribution in [0.3, 0.4) is 0 Å². The number of benzene rings is 1. The summed E-state index contributed by atoms with van der Waals surface area (Å²) in [6, 6.07) is 9.44. The van der Waals surface area contributed by atoms with E-state index < -0.39 is 5.60 Å². The highest BCUT2D eigenvalue weighted by Gasteiger charge is 2.34. The van der Waals surface area contributed by atoms with Crippen molar-refractivity contribution in [3.8, 4) is 0 Å². The van der Waals surface area contributed by atoms with Gasteiger partial charge in [0.1, 0.15) is 0 Å². The third-order valence-corrected chi connectivity index (χ3v) is 4.76. The van der Waals surface area contributed by atoms with E-state index in [0.717, 1.165) is 30.3 Å². The van der Waals surface area contributed by atoms with Crippen molar-refractivity contribution in [2.75, 3.05) is 18.0 Å². The van der Waals surface area contributed by atoms with E-state index in [9.17, 15) is 5.11 Å². The lowest BCUT2D eigenvalue weighted by molar-refractivity contribution is 0.0115. The molecule has 0 bridgehead atoms. The van der Waals surface area contributed by atoms with E-state index in [0.29, 0.717) is 23.8 Å². The van der Waals surface area contributed by atoms with Crippen LogP contribution in [0.2, 0.25) is 5.02 Å². The minimum absolute atomic E-state index is 0.382. The summed E-state index contributed by atoms with van der Waals surface area (Å²) in [5.74, 6) is 1.14. The molecular weight excluding hydrogens is 310 g/mol. The predicted molar refractivity (Wildman–Crippen MR) is 92.9 cm³/mol. The highest BCUT2D eigenvalue weighted by molar-refractivity contribution is 6.30. The monoisotopic (exact) mass is 331 g/mol. The number of rotatable bonds is 3. The van der Waals surface area contributed by atoms with Crippen LogP contribution in [0.4, 0.5) is 5.95 Å². The molecule has 5 heteroatoms. The van der Waals surface area contributed by atoms with Gasteiger partial charge < -0.3 is 10.0 Å². The van der Waals surface area contributed by atoms with E-state index in [1.54, 1.807) is 0 Å². The summed E-state index contributed by atoms with van der Waals surface area (Å²) in [5, 5.41) is 11.6. The van der Waals surface area contributed by atoms with E-state index in [2.05, 4.69) is 28.7 Å². The third kappa shape index (κ3) is 3.48. The molecule has 1 aromatic heterocycles. The maximum atomic E-state index is 10.9. The Balaban J connectivity index is 1.73. The normalized spacial score (nSPS) is 17.5. The van der Waals surface area contributed by atoms with E-state index in [4.69, 9.17) is 11.6 Å². The fraction of sp³-hybridized carbons (Fsp3) is 0.444. The van der Waals surface area contributed by atoms with Crippen LogP contribution in [0.15, 0.2) is 36.5 Å². The molecule has 0 amide bonds. The van der Waals surface area contributed by atoms with Gasteiger partial charge in [-0.25, -0.2) is 9.97 Å². The van der Waals surface area contributed by atoms with Gasteiger partial charge in [-0.1, -0.05) is 37.6 Å². The number of piperidine rings is 1. The Kier molecular flexibility index (Phi) is 4.55. The Labute approximate surface area is 142 Å². The molecule has 1 N–H and O–H groups in total. The molecular formula is C18H22ClN3O. The zero-order valence-electron chi connectivity index (χ0n) is 13.5. The molecule has 23 heavy (non-hydrogen) atoms. The van der Waals surface area contributed by atoms with Crippen molar-refractivity contribution in [2.24, 2.45) is 0 Å². The van der Waals surface area contributed by atoms with Gasteiger partial charge in [0, 0.05) is 30.0 Å². The van der Waals surface area contributed by atoms with Crippen molar-refractivity contribution >= 4 is 17.5 Å². The molecule has 0 spiro atoms. The first kappa shape index (κ1) is 16.2. The summed E-state index contributed by atoms with van der Waals surface area (Å²) in [5.41, 5.74) is 1.18. The zero-order chi connectivity index (χ0) is 16.4. The molecule has 1 aliphatic rings. The summed E-state index contributed by atoms with van der Waals surface area (Å²) in [7, 11) is 0. The second-order valence-corrected chi connectivity index (χ2v) is 6.90. The van der Waals surface area contributed by atoms with Gasteiger partial charge in [0.05, 0.1) is 5.60 Å². The van der Waals surface area contributed by atoms with E-state index in [1.807, 2.05) is 36.5 Å². The average molecular weight is 332 g/mol. The SMILES string of the molecule is CC(C)c1ccnc(N2CCC(O)(c3ccc(Cl)cc3)CC2)n1. The summed E-state index contributed by atoms with van der Waals surface area (Å²) in [4.78, 5) is 11.2. The molecule has 2 aromatic rings. The quantitative estimate of drug-likeness (QED) is 0.930. The van der Waals surface area contributed by atoms with Crippen molar-refractivity contribution in [1.29, 1.82) is 0 Å². The molecule has 1 aromatic carbocycles. The fourth-order valence-electron chi connectivity index (χ4n) is 2.96. The maximum absolute atomic E-state index is 10.9. The number of nitrogens with zero attached hydrogens (tertiary/aromatic N) is 3. The van der Waals surface area contributed by atoms with Crippen LogP contribution in [0, 0.1) is 0 Å². The van der Waals surface area contributed by atoms with Crippen molar-refractivity contribution in [1.82, 2.24) is 9.97 Å². The molecule has 0 unspecified atom stereocenters. The number of halogens is 1. The largest absolute Gasteiger partial charge is 0.385 e. The highest BCUT2D eigenvalue weighted by atomic mass is 35.5. The molecule has 122 valence electrons. The lowest BCUT2D eigenvalue weighted by atomic mass is 9.84. The topological polar surface area (TPSA) is 49.2 Å². The van der Waals surface area contributed by atoms with Gasteiger partial charge in [-0.2, -0.15) is 0 Å². The fourth-order valence-corrected chi connectivity index (χ4v) is 3.09. The first-order chi connectivity index (χ1) is 11.0. The van der Waals surface area contributed by atoms with Crippen LogP contribution in [0.5, 0.6) is 0 Å². The Morgan fingerprint density at radius 1 is 1.13 bits per heavy atom. The summed E-state index contributed by atoms with van der Waals surface area (Å²) < 4.78 is 0. The minimum Gasteiger partial charge on any atom is -0.385 e. The zero-order valence-corrected chi connectivity index (χ0v) is 14.3. The van der Waals surface area contributed by atoms with Crippen molar-refractivity contribution in [2.45, 2.75) is 38.2 Å². The van der Waals surface area contributed by atoms with Crippen LogP contribution < -0.4 is 4.90 Å². The Bertz CT molecular complexity index is 664. The third-order valence-electron chi connectivity index (χ3n) is 4.51. The smallest absolute Gasteiger partial charge is 0.225 e. The standard InChI is InChI=1S/C18H22ClN3O/c1-13(2)16-7-10-20-17(21-16)22-11-8-18(23,9-12-22)14-3-5-15(19)6-4-14/h3-7,10,13,23H,8-9,11-12H2,1-2H3. The molecule has 0 aliphatic carbocycles. The van der Waals surface area contributed by atoms with Crippen LogP contribution in [-0.4, -0.2) is 28.2 Å². The van der Waals surface area contributed by atoms with Crippen molar-refractivity contribution < 1.29 is 5.11 Å². The van der Waals surface area contributed by atoms with Gasteiger partial charge in [-0.15, -0.1) is 0 Å².